The van der Waals surface area contributed by atoms with Gasteiger partial charge in [0.25, 0.3) is 0 Å². The molecular weight excluding hydrogens is 160 g/mol. The van der Waals surface area contributed by atoms with Crippen LogP contribution in [0.15, 0.2) is 0 Å². The fraction of sp³-hybridized carbons (Fsp3) is 1.00. The van der Waals surface area contributed by atoms with Gasteiger partial charge in [0.05, 0.1) is 0 Å². The third-order valence-corrected chi connectivity index (χ3v) is 4.09. The zero-order chi connectivity index (χ0) is 10.2. The Morgan fingerprint density at radius 2 is 1.23 bits per heavy atom. The predicted molar refractivity (Wildman–Crippen MR) is 58.0 cm³/mol. The molecule has 0 aromatic heterocycles. The number of hydrogen-bond acceptors (Lipinski definition) is 2. The fourth-order valence-electron chi connectivity index (χ4n) is 2.55. The lowest BCUT2D eigenvalue weighted by molar-refractivity contribution is -0.0224. The minimum Gasteiger partial charge on any atom is -0.298 e. The van der Waals surface area contributed by atoms with Crippen molar-refractivity contribution in [3.8, 4) is 0 Å². The van der Waals surface area contributed by atoms with Gasteiger partial charge in [-0.15, -0.1) is 0 Å². The van der Waals surface area contributed by atoms with Crippen molar-refractivity contribution in [1.29, 1.82) is 0 Å². The number of rotatable bonds is 1. The molecule has 0 bridgehead atoms. The van der Waals surface area contributed by atoms with E-state index in [0.717, 1.165) is 0 Å². The fourth-order valence-corrected chi connectivity index (χ4v) is 2.55. The molecule has 0 amide bonds. The number of piperazine rings is 1. The first-order chi connectivity index (χ1) is 6.00. The summed E-state index contributed by atoms with van der Waals surface area (Å²) in [5, 5.41) is 0. The maximum absolute atomic E-state index is 2.61. The van der Waals surface area contributed by atoms with Crippen molar-refractivity contribution in [2.75, 3.05) is 13.6 Å². The molecule has 1 aliphatic rings. The average molecular weight is 184 g/mol. The summed E-state index contributed by atoms with van der Waals surface area (Å²) in [6.45, 7) is 12.8. The van der Waals surface area contributed by atoms with E-state index >= 15 is 0 Å². The van der Waals surface area contributed by atoms with Crippen LogP contribution in [0.2, 0.25) is 0 Å². The average Bonchev–Trinajstić information content (AvgIpc) is 2.13. The molecule has 2 heteroatoms. The van der Waals surface area contributed by atoms with Crippen LogP contribution in [0.25, 0.3) is 0 Å². The summed E-state index contributed by atoms with van der Waals surface area (Å²) in [6, 6.07) is 2.71. The second kappa shape index (κ2) is 3.97. The van der Waals surface area contributed by atoms with Gasteiger partial charge in [-0.2, -0.15) is 0 Å². The van der Waals surface area contributed by atoms with Crippen LogP contribution in [0.5, 0.6) is 0 Å². The quantitative estimate of drug-likeness (QED) is 0.613. The van der Waals surface area contributed by atoms with Crippen molar-refractivity contribution in [3.05, 3.63) is 0 Å². The molecule has 1 heterocycles. The van der Waals surface area contributed by atoms with Crippen LogP contribution < -0.4 is 0 Å². The van der Waals surface area contributed by atoms with Gasteiger partial charge in [0.15, 0.2) is 0 Å². The summed E-state index contributed by atoms with van der Waals surface area (Å²) < 4.78 is 0. The Hall–Kier alpha value is -0.0800. The third-order valence-electron chi connectivity index (χ3n) is 4.09. The first-order valence-electron chi connectivity index (χ1n) is 5.48. The maximum atomic E-state index is 2.61. The summed E-state index contributed by atoms with van der Waals surface area (Å²) >= 11 is 0. The predicted octanol–water partition coefficient (Wildman–Crippen LogP) is 1.81. The van der Waals surface area contributed by atoms with Crippen LogP contribution in [0.4, 0.5) is 0 Å². The molecule has 0 aromatic carbocycles. The molecule has 2 nitrogen and oxygen atoms in total. The zero-order valence-electron chi connectivity index (χ0n) is 9.91. The van der Waals surface area contributed by atoms with Crippen molar-refractivity contribution in [1.82, 2.24) is 9.80 Å². The second-order valence-electron chi connectivity index (χ2n) is 4.46. The lowest BCUT2D eigenvalue weighted by Gasteiger charge is -2.51. The Bertz CT molecular complexity index is 153. The van der Waals surface area contributed by atoms with Crippen molar-refractivity contribution < 1.29 is 0 Å². The molecular formula is C11H24N2. The highest BCUT2D eigenvalue weighted by atomic mass is 15.3. The number of likely N-dealkylation sites (N-methyl/N-ethyl adjacent to an activating group) is 2. The molecule has 1 fully saturated rings. The van der Waals surface area contributed by atoms with Gasteiger partial charge in [0, 0.05) is 24.2 Å². The molecule has 4 atom stereocenters. The second-order valence-corrected chi connectivity index (χ2v) is 4.46. The number of hydrogen-bond donors (Lipinski definition) is 0. The molecule has 4 unspecified atom stereocenters. The Balaban J connectivity index is 2.79. The van der Waals surface area contributed by atoms with Crippen LogP contribution in [-0.4, -0.2) is 47.6 Å². The largest absolute Gasteiger partial charge is 0.298 e. The van der Waals surface area contributed by atoms with Crippen molar-refractivity contribution >= 4 is 0 Å². The Morgan fingerprint density at radius 3 is 1.54 bits per heavy atom. The van der Waals surface area contributed by atoms with Gasteiger partial charge in [-0.25, -0.2) is 0 Å². The summed E-state index contributed by atoms with van der Waals surface area (Å²) in [6.07, 6.45) is 0. The minimum atomic E-state index is 0.672. The molecule has 13 heavy (non-hydrogen) atoms. The first kappa shape index (κ1) is 11.0. The molecule has 0 radical (unpaired) electrons. The van der Waals surface area contributed by atoms with Crippen LogP contribution in [-0.2, 0) is 0 Å². The van der Waals surface area contributed by atoms with Gasteiger partial charge in [-0.1, -0.05) is 6.92 Å². The summed E-state index contributed by atoms with van der Waals surface area (Å²) in [7, 11) is 2.25. The standard InChI is InChI=1S/C11H24N2/c1-7-13-10(4)8(2)12(6)9(3)11(13)5/h8-11H,7H2,1-6H3. The Labute approximate surface area is 82.9 Å². The molecule has 0 saturated carbocycles. The lowest BCUT2D eigenvalue weighted by Crippen LogP contribution is -2.63. The monoisotopic (exact) mass is 184 g/mol. The molecule has 0 aliphatic carbocycles. The van der Waals surface area contributed by atoms with Gasteiger partial charge < -0.3 is 0 Å². The van der Waals surface area contributed by atoms with E-state index in [2.05, 4.69) is 51.5 Å². The van der Waals surface area contributed by atoms with Gasteiger partial charge >= 0.3 is 0 Å². The normalized spacial score (nSPS) is 43.8. The highest BCUT2D eigenvalue weighted by Gasteiger charge is 2.36. The molecule has 1 aliphatic heterocycles. The Morgan fingerprint density at radius 1 is 0.846 bits per heavy atom. The smallest absolute Gasteiger partial charge is 0.0223 e. The summed E-state index contributed by atoms with van der Waals surface area (Å²) in [4.78, 5) is 5.11. The van der Waals surface area contributed by atoms with E-state index in [1.165, 1.54) is 6.54 Å². The molecule has 1 saturated heterocycles. The van der Waals surface area contributed by atoms with E-state index in [9.17, 15) is 0 Å². The van der Waals surface area contributed by atoms with Crippen molar-refractivity contribution in [2.45, 2.75) is 58.8 Å². The van der Waals surface area contributed by atoms with Crippen LogP contribution >= 0.6 is 0 Å². The van der Waals surface area contributed by atoms with Crippen LogP contribution in [0.1, 0.15) is 34.6 Å². The highest BCUT2D eigenvalue weighted by molar-refractivity contribution is 4.93. The summed E-state index contributed by atoms with van der Waals surface area (Å²) in [5.74, 6) is 0. The van der Waals surface area contributed by atoms with Gasteiger partial charge in [0.2, 0.25) is 0 Å². The third kappa shape index (κ3) is 1.75. The molecule has 0 aromatic rings. The van der Waals surface area contributed by atoms with Gasteiger partial charge in [0.1, 0.15) is 0 Å². The van der Waals surface area contributed by atoms with Gasteiger partial charge in [-0.3, -0.25) is 9.80 Å². The summed E-state index contributed by atoms with van der Waals surface area (Å²) in [5.41, 5.74) is 0. The van der Waals surface area contributed by atoms with Crippen LogP contribution in [0.3, 0.4) is 0 Å². The maximum Gasteiger partial charge on any atom is 0.0223 e. The Kier molecular flexibility index (Phi) is 3.36. The van der Waals surface area contributed by atoms with E-state index in [0.29, 0.717) is 24.2 Å². The SMILES string of the molecule is CCN1C(C)C(C)N(C)C(C)C1C. The van der Waals surface area contributed by atoms with E-state index in [4.69, 9.17) is 0 Å². The van der Waals surface area contributed by atoms with E-state index in [1.54, 1.807) is 0 Å². The molecule has 78 valence electrons. The number of nitrogens with zero attached hydrogens (tertiary/aromatic N) is 2. The van der Waals surface area contributed by atoms with Gasteiger partial charge in [-0.05, 0) is 41.3 Å². The topological polar surface area (TPSA) is 6.48 Å². The molecule has 1 rings (SSSR count). The molecule has 0 spiro atoms. The van der Waals surface area contributed by atoms with E-state index in [-0.39, 0.29) is 0 Å². The van der Waals surface area contributed by atoms with E-state index in [1.807, 2.05) is 0 Å². The molecule has 0 N–H and O–H groups in total. The zero-order valence-corrected chi connectivity index (χ0v) is 9.91. The van der Waals surface area contributed by atoms with Crippen LogP contribution in [0, 0.1) is 0 Å². The minimum absolute atomic E-state index is 0.672. The van der Waals surface area contributed by atoms with E-state index < -0.39 is 0 Å². The lowest BCUT2D eigenvalue weighted by atomic mass is 9.95. The van der Waals surface area contributed by atoms with Crippen molar-refractivity contribution in [3.63, 3.8) is 0 Å². The first-order valence-corrected chi connectivity index (χ1v) is 5.48. The highest BCUT2D eigenvalue weighted by Crippen LogP contribution is 2.24. The van der Waals surface area contributed by atoms with Crippen molar-refractivity contribution in [2.24, 2.45) is 0 Å².